The summed E-state index contributed by atoms with van der Waals surface area (Å²) in [6.45, 7) is 7.24. The standard InChI is InChI=1S/C24H31N3O3S2/c1-17-8-10-20(11-9-17)32(29,30)14-6-7-23(28)27(13-12-26(4)5)24-25-21-15-18(2)19(3)16-22(21)31-24/h8-11,15-16H,6-7,12-14H2,1-5H3. The van der Waals surface area contributed by atoms with Crippen LogP contribution in [0.1, 0.15) is 29.5 Å². The fraction of sp³-hybridized carbons (Fsp3) is 0.417. The highest BCUT2D eigenvalue weighted by molar-refractivity contribution is 7.91. The molecule has 2 aromatic carbocycles. The van der Waals surface area contributed by atoms with E-state index < -0.39 is 9.84 Å². The lowest BCUT2D eigenvalue weighted by Crippen LogP contribution is -2.36. The van der Waals surface area contributed by atoms with Crippen molar-refractivity contribution in [2.45, 2.75) is 38.5 Å². The molecule has 3 aromatic rings. The van der Waals surface area contributed by atoms with E-state index in [9.17, 15) is 13.2 Å². The zero-order valence-corrected chi connectivity index (χ0v) is 21.0. The predicted molar refractivity (Wildman–Crippen MR) is 132 cm³/mol. The van der Waals surface area contributed by atoms with Crippen molar-refractivity contribution in [2.24, 2.45) is 0 Å². The number of benzene rings is 2. The summed E-state index contributed by atoms with van der Waals surface area (Å²) in [5.74, 6) is -0.153. The summed E-state index contributed by atoms with van der Waals surface area (Å²) < 4.78 is 26.3. The van der Waals surface area contributed by atoms with Crippen molar-refractivity contribution in [3.05, 3.63) is 53.1 Å². The Bertz CT molecular complexity index is 1160. The number of anilines is 1. The molecule has 0 saturated carbocycles. The van der Waals surface area contributed by atoms with Gasteiger partial charge in [0.1, 0.15) is 0 Å². The lowest BCUT2D eigenvalue weighted by molar-refractivity contribution is -0.118. The number of fused-ring (bicyclic) bond motifs is 1. The van der Waals surface area contributed by atoms with Crippen LogP contribution in [0.2, 0.25) is 0 Å². The number of aryl methyl sites for hydroxylation is 3. The molecule has 8 heteroatoms. The van der Waals surface area contributed by atoms with Crippen LogP contribution in [0.3, 0.4) is 0 Å². The lowest BCUT2D eigenvalue weighted by Gasteiger charge is -2.22. The van der Waals surface area contributed by atoms with Gasteiger partial charge in [-0.3, -0.25) is 9.69 Å². The summed E-state index contributed by atoms with van der Waals surface area (Å²) in [5.41, 5.74) is 4.26. The molecule has 1 amide bonds. The van der Waals surface area contributed by atoms with Crippen molar-refractivity contribution in [1.82, 2.24) is 9.88 Å². The van der Waals surface area contributed by atoms with Crippen molar-refractivity contribution < 1.29 is 13.2 Å². The van der Waals surface area contributed by atoms with Crippen LogP contribution in [0.4, 0.5) is 5.13 Å². The molecule has 0 radical (unpaired) electrons. The average Bonchev–Trinajstić information content (AvgIpc) is 3.10. The fourth-order valence-electron chi connectivity index (χ4n) is 3.32. The SMILES string of the molecule is Cc1ccc(S(=O)(=O)CCCC(=O)N(CCN(C)C)c2nc3cc(C)c(C)cc3s2)cc1. The van der Waals surface area contributed by atoms with E-state index in [4.69, 9.17) is 4.98 Å². The van der Waals surface area contributed by atoms with Gasteiger partial charge in [-0.1, -0.05) is 29.0 Å². The fourth-order valence-corrected chi connectivity index (χ4v) is 5.72. The average molecular weight is 474 g/mol. The van der Waals surface area contributed by atoms with E-state index in [-0.39, 0.29) is 24.5 Å². The van der Waals surface area contributed by atoms with Gasteiger partial charge in [0, 0.05) is 19.5 Å². The second-order valence-corrected chi connectivity index (χ2v) is 11.6. The number of carbonyl (C=O) groups is 1. The van der Waals surface area contributed by atoms with E-state index in [1.165, 1.54) is 22.5 Å². The number of rotatable bonds is 9. The molecular weight excluding hydrogens is 442 g/mol. The molecule has 0 bridgehead atoms. The van der Waals surface area contributed by atoms with Gasteiger partial charge in [-0.25, -0.2) is 13.4 Å². The van der Waals surface area contributed by atoms with E-state index in [2.05, 4.69) is 19.9 Å². The molecule has 0 saturated heterocycles. The molecule has 0 spiro atoms. The Kier molecular flexibility index (Phi) is 7.69. The topological polar surface area (TPSA) is 70.6 Å². The van der Waals surface area contributed by atoms with Gasteiger partial charge in [0.15, 0.2) is 15.0 Å². The quantitative estimate of drug-likeness (QED) is 0.462. The first-order valence-electron chi connectivity index (χ1n) is 10.7. The van der Waals surface area contributed by atoms with Gasteiger partial charge in [0.2, 0.25) is 5.91 Å². The Labute approximate surface area is 194 Å². The number of carbonyl (C=O) groups excluding carboxylic acids is 1. The van der Waals surface area contributed by atoms with Crippen LogP contribution >= 0.6 is 11.3 Å². The zero-order valence-electron chi connectivity index (χ0n) is 19.4. The van der Waals surface area contributed by atoms with E-state index >= 15 is 0 Å². The molecule has 3 rings (SSSR count). The molecule has 172 valence electrons. The molecule has 0 N–H and O–H groups in total. The van der Waals surface area contributed by atoms with Gasteiger partial charge in [-0.2, -0.15) is 0 Å². The maximum Gasteiger partial charge on any atom is 0.228 e. The first kappa shape index (κ1) is 24.4. The van der Waals surface area contributed by atoms with E-state index in [0.29, 0.717) is 23.1 Å². The molecule has 0 unspecified atom stereocenters. The number of thiazole rings is 1. The molecule has 0 aliphatic rings. The summed E-state index contributed by atoms with van der Waals surface area (Å²) >= 11 is 1.50. The molecule has 0 atom stereocenters. The first-order valence-corrected chi connectivity index (χ1v) is 13.2. The van der Waals surface area contributed by atoms with E-state index in [1.54, 1.807) is 29.2 Å². The third kappa shape index (κ3) is 5.94. The van der Waals surface area contributed by atoms with Gasteiger partial charge in [0.05, 0.1) is 20.9 Å². The van der Waals surface area contributed by atoms with Crippen molar-refractivity contribution in [2.75, 3.05) is 37.8 Å². The second kappa shape index (κ2) is 10.1. The predicted octanol–water partition coefficient (Wildman–Crippen LogP) is 4.37. The van der Waals surface area contributed by atoms with Crippen LogP contribution < -0.4 is 4.90 Å². The number of amides is 1. The maximum atomic E-state index is 13.1. The van der Waals surface area contributed by atoms with Crippen LogP contribution in [-0.4, -0.2) is 57.1 Å². The third-order valence-electron chi connectivity index (χ3n) is 5.48. The number of sulfone groups is 1. The van der Waals surface area contributed by atoms with Crippen molar-refractivity contribution >= 4 is 42.4 Å². The minimum absolute atomic E-state index is 0.0540. The normalized spacial score (nSPS) is 11.9. The number of aromatic nitrogens is 1. The monoisotopic (exact) mass is 473 g/mol. The Morgan fingerprint density at radius 3 is 2.31 bits per heavy atom. The Morgan fingerprint density at radius 2 is 1.66 bits per heavy atom. The maximum absolute atomic E-state index is 13.1. The summed E-state index contributed by atoms with van der Waals surface area (Å²) in [6.07, 6.45) is 0.434. The molecule has 32 heavy (non-hydrogen) atoms. The summed E-state index contributed by atoms with van der Waals surface area (Å²) in [4.78, 5) is 21.8. The highest BCUT2D eigenvalue weighted by Gasteiger charge is 2.21. The van der Waals surface area contributed by atoms with Crippen LogP contribution in [-0.2, 0) is 14.6 Å². The van der Waals surface area contributed by atoms with Gasteiger partial charge >= 0.3 is 0 Å². The van der Waals surface area contributed by atoms with Gasteiger partial charge < -0.3 is 4.90 Å². The number of nitrogens with zero attached hydrogens (tertiary/aromatic N) is 3. The number of hydrogen-bond donors (Lipinski definition) is 0. The van der Waals surface area contributed by atoms with Gasteiger partial charge in [-0.15, -0.1) is 0 Å². The zero-order chi connectivity index (χ0) is 23.5. The van der Waals surface area contributed by atoms with Crippen molar-refractivity contribution in [1.29, 1.82) is 0 Å². The number of hydrogen-bond acceptors (Lipinski definition) is 6. The smallest absolute Gasteiger partial charge is 0.228 e. The van der Waals surface area contributed by atoms with Crippen molar-refractivity contribution in [3.63, 3.8) is 0 Å². The molecular formula is C24H31N3O3S2. The summed E-state index contributed by atoms with van der Waals surface area (Å²) in [5, 5.41) is 0.665. The molecule has 1 heterocycles. The Balaban J connectivity index is 1.74. The Hall–Kier alpha value is -2.29. The second-order valence-electron chi connectivity index (χ2n) is 8.48. The Morgan fingerprint density at radius 1 is 1.00 bits per heavy atom. The highest BCUT2D eigenvalue weighted by atomic mass is 32.2. The van der Waals surface area contributed by atoms with Gasteiger partial charge in [0.25, 0.3) is 0 Å². The molecule has 0 aliphatic carbocycles. The summed E-state index contributed by atoms with van der Waals surface area (Å²) in [6, 6.07) is 11.0. The van der Waals surface area contributed by atoms with E-state index in [0.717, 1.165) is 15.8 Å². The summed E-state index contributed by atoms with van der Waals surface area (Å²) in [7, 11) is 0.510. The lowest BCUT2D eigenvalue weighted by atomic mass is 10.1. The molecule has 0 fully saturated rings. The number of likely N-dealkylation sites (N-methyl/N-ethyl adjacent to an activating group) is 1. The van der Waals surface area contributed by atoms with Crippen LogP contribution in [0.15, 0.2) is 41.3 Å². The van der Waals surface area contributed by atoms with Crippen molar-refractivity contribution in [3.8, 4) is 0 Å². The molecule has 1 aromatic heterocycles. The van der Waals surface area contributed by atoms with Gasteiger partial charge in [-0.05, 0) is 76.7 Å². The first-order chi connectivity index (χ1) is 15.1. The largest absolute Gasteiger partial charge is 0.308 e. The third-order valence-corrected chi connectivity index (χ3v) is 8.34. The van der Waals surface area contributed by atoms with Crippen LogP contribution in [0.25, 0.3) is 10.2 Å². The minimum Gasteiger partial charge on any atom is -0.308 e. The van der Waals surface area contributed by atoms with Crippen LogP contribution in [0.5, 0.6) is 0 Å². The molecule has 6 nitrogen and oxygen atoms in total. The molecule has 0 aliphatic heterocycles. The van der Waals surface area contributed by atoms with Crippen LogP contribution in [0, 0.1) is 20.8 Å². The van der Waals surface area contributed by atoms with E-state index in [1.807, 2.05) is 32.0 Å². The minimum atomic E-state index is -3.41. The highest BCUT2D eigenvalue weighted by Crippen LogP contribution is 2.31.